The lowest BCUT2D eigenvalue weighted by Crippen LogP contribution is -2.45. The Morgan fingerprint density at radius 1 is 1.30 bits per heavy atom. The van der Waals surface area contributed by atoms with Crippen molar-refractivity contribution in [3.63, 3.8) is 0 Å². The van der Waals surface area contributed by atoms with Gasteiger partial charge in [0.2, 0.25) is 0 Å². The lowest BCUT2D eigenvalue weighted by Gasteiger charge is -2.27. The van der Waals surface area contributed by atoms with Gasteiger partial charge in [0.05, 0.1) is 12.5 Å². The van der Waals surface area contributed by atoms with E-state index in [0.29, 0.717) is 19.6 Å². The number of carbonyl (C=O) groups excluding carboxylic acids is 1. The fraction of sp³-hybridized carbons (Fsp3) is 0.529. The van der Waals surface area contributed by atoms with Gasteiger partial charge in [0.15, 0.2) is 6.10 Å². The van der Waals surface area contributed by atoms with Crippen LogP contribution in [0, 0.1) is 0 Å². The van der Waals surface area contributed by atoms with Crippen LogP contribution in [0.3, 0.4) is 0 Å². The molecule has 1 aromatic carbocycles. The Morgan fingerprint density at radius 2 is 2.13 bits per heavy atom. The summed E-state index contributed by atoms with van der Waals surface area (Å²) in [6.07, 6.45) is 1.78. The average molecular weight is 319 g/mol. The monoisotopic (exact) mass is 319 g/mol. The van der Waals surface area contributed by atoms with Gasteiger partial charge in [-0.25, -0.2) is 0 Å². The molecule has 6 nitrogen and oxygen atoms in total. The van der Waals surface area contributed by atoms with E-state index in [1.165, 1.54) is 0 Å². The zero-order chi connectivity index (χ0) is 16.2. The van der Waals surface area contributed by atoms with Gasteiger partial charge in [-0.15, -0.1) is 0 Å². The van der Waals surface area contributed by atoms with E-state index in [2.05, 4.69) is 0 Å². The summed E-state index contributed by atoms with van der Waals surface area (Å²) in [5.41, 5.74) is 1.01. The van der Waals surface area contributed by atoms with Gasteiger partial charge in [0.1, 0.15) is 5.75 Å². The maximum absolute atomic E-state index is 12.8. The van der Waals surface area contributed by atoms with Crippen LogP contribution in [0.2, 0.25) is 0 Å². The van der Waals surface area contributed by atoms with Crippen LogP contribution in [0.4, 0.5) is 0 Å². The number of ether oxygens (including phenoxy) is 2. The minimum atomic E-state index is -0.911. The number of hydrogen-bond acceptors (Lipinski definition) is 4. The SMILES string of the molecule is O=C(O)CCN(C[C@H]1CCCO1)C(=O)[C@H]1Cc2ccccc2O1. The second-order valence-corrected chi connectivity index (χ2v) is 5.98. The highest BCUT2D eigenvalue weighted by atomic mass is 16.5. The molecule has 0 radical (unpaired) electrons. The smallest absolute Gasteiger partial charge is 0.305 e. The lowest BCUT2D eigenvalue weighted by atomic mass is 10.1. The Labute approximate surface area is 135 Å². The van der Waals surface area contributed by atoms with Crippen molar-refractivity contribution >= 4 is 11.9 Å². The number of carboxylic acid groups (broad SMARTS) is 1. The van der Waals surface area contributed by atoms with E-state index in [1.54, 1.807) is 4.90 Å². The third-order valence-corrected chi connectivity index (χ3v) is 4.28. The summed E-state index contributed by atoms with van der Waals surface area (Å²) >= 11 is 0. The molecule has 2 atom stereocenters. The first-order chi connectivity index (χ1) is 11.1. The van der Waals surface area contributed by atoms with E-state index in [4.69, 9.17) is 14.6 Å². The first-order valence-corrected chi connectivity index (χ1v) is 8.00. The summed E-state index contributed by atoms with van der Waals surface area (Å²) in [6, 6.07) is 7.60. The van der Waals surface area contributed by atoms with E-state index in [0.717, 1.165) is 24.2 Å². The molecule has 0 aromatic heterocycles. The van der Waals surface area contributed by atoms with Gasteiger partial charge in [-0.3, -0.25) is 9.59 Å². The number of benzene rings is 1. The maximum Gasteiger partial charge on any atom is 0.305 e. The van der Waals surface area contributed by atoms with Crippen molar-refractivity contribution in [2.45, 2.75) is 37.9 Å². The molecule has 0 spiro atoms. The molecule has 0 aliphatic carbocycles. The van der Waals surface area contributed by atoms with Crippen LogP contribution in [-0.2, 0) is 20.7 Å². The minimum Gasteiger partial charge on any atom is -0.481 e. The number of aliphatic carboxylic acids is 1. The Morgan fingerprint density at radius 3 is 2.83 bits per heavy atom. The molecule has 1 fully saturated rings. The topological polar surface area (TPSA) is 76.1 Å². The first kappa shape index (κ1) is 15.8. The zero-order valence-corrected chi connectivity index (χ0v) is 12.9. The lowest BCUT2D eigenvalue weighted by molar-refractivity contribution is -0.142. The molecule has 124 valence electrons. The van der Waals surface area contributed by atoms with Crippen LogP contribution in [0.15, 0.2) is 24.3 Å². The van der Waals surface area contributed by atoms with Crippen LogP contribution in [0.5, 0.6) is 5.75 Å². The maximum atomic E-state index is 12.8. The highest BCUT2D eigenvalue weighted by Crippen LogP contribution is 2.29. The predicted octanol–water partition coefficient (Wildman–Crippen LogP) is 1.47. The van der Waals surface area contributed by atoms with E-state index < -0.39 is 12.1 Å². The molecule has 0 unspecified atom stereocenters. The Kier molecular flexibility index (Phi) is 4.81. The third-order valence-electron chi connectivity index (χ3n) is 4.28. The fourth-order valence-corrected chi connectivity index (χ4v) is 3.08. The summed E-state index contributed by atoms with van der Waals surface area (Å²) in [5, 5.41) is 8.91. The first-order valence-electron chi connectivity index (χ1n) is 8.00. The van der Waals surface area contributed by atoms with Crippen molar-refractivity contribution in [3.05, 3.63) is 29.8 Å². The van der Waals surface area contributed by atoms with Gasteiger partial charge in [0.25, 0.3) is 5.91 Å². The summed E-state index contributed by atoms with van der Waals surface area (Å²) in [7, 11) is 0. The van der Waals surface area contributed by atoms with E-state index in [-0.39, 0.29) is 25.0 Å². The van der Waals surface area contributed by atoms with Crippen molar-refractivity contribution in [2.24, 2.45) is 0 Å². The molecule has 0 saturated carbocycles. The number of nitrogens with zero attached hydrogens (tertiary/aromatic N) is 1. The molecule has 23 heavy (non-hydrogen) atoms. The largest absolute Gasteiger partial charge is 0.481 e. The molecule has 2 heterocycles. The van der Waals surface area contributed by atoms with E-state index in [1.807, 2.05) is 24.3 Å². The highest BCUT2D eigenvalue weighted by molar-refractivity contribution is 5.83. The van der Waals surface area contributed by atoms with Crippen LogP contribution in [0.25, 0.3) is 0 Å². The molecule has 0 bridgehead atoms. The average Bonchev–Trinajstić information content (AvgIpc) is 3.19. The predicted molar refractivity (Wildman–Crippen MR) is 82.4 cm³/mol. The van der Waals surface area contributed by atoms with Crippen molar-refractivity contribution < 1.29 is 24.2 Å². The van der Waals surface area contributed by atoms with Crippen LogP contribution >= 0.6 is 0 Å². The molecule has 6 heteroatoms. The molecule has 1 saturated heterocycles. The molecular formula is C17H21NO5. The Balaban J connectivity index is 1.65. The van der Waals surface area contributed by atoms with Gasteiger partial charge in [-0.2, -0.15) is 0 Å². The van der Waals surface area contributed by atoms with Crippen molar-refractivity contribution in [1.29, 1.82) is 0 Å². The number of amides is 1. The van der Waals surface area contributed by atoms with Gasteiger partial charge in [0, 0.05) is 26.1 Å². The van der Waals surface area contributed by atoms with Crippen molar-refractivity contribution in [3.8, 4) is 5.75 Å². The zero-order valence-electron chi connectivity index (χ0n) is 12.9. The summed E-state index contributed by atoms with van der Waals surface area (Å²) in [6.45, 7) is 1.32. The number of fused-ring (bicyclic) bond motifs is 1. The normalized spacial score (nSPS) is 22.4. The molecule has 1 N–H and O–H groups in total. The van der Waals surface area contributed by atoms with Crippen LogP contribution in [0.1, 0.15) is 24.8 Å². The standard InChI is InChI=1S/C17H21NO5/c19-16(20)7-8-18(11-13-5-3-9-22-13)17(21)15-10-12-4-1-2-6-14(12)23-15/h1-2,4,6,13,15H,3,5,7-11H2,(H,19,20)/t13-,15-/m1/s1. The fourth-order valence-electron chi connectivity index (χ4n) is 3.08. The van der Waals surface area contributed by atoms with Crippen LogP contribution in [-0.4, -0.2) is 53.8 Å². The van der Waals surface area contributed by atoms with E-state index in [9.17, 15) is 9.59 Å². The minimum absolute atomic E-state index is 0.00322. The van der Waals surface area contributed by atoms with E-state index >= 15 is 0 Å². The van der Waals surface area contributed by atoms with Gasteiger partial charge >= 0.3 is 5.97 Å². The van der Waals surface area contributed by atoms with Gasteiger partial charge in [-0.1, -0.05) is 18.2 Å². The molecule has 2 aliphatic rings. The van der Waals surface area contributed by atoms with Crippen molar-refractivity contribution in [2.75, 3.05) is 19.7 Å². The molecule has 2 aliphatic heterocycles. The number of hydrogen-bond donors (Lipinski definition) is 1. The highest BCUT2D eigenvalue weighted by Gasteiger charge is 2.33. The number of para-hydroxylation sites is 1. The number of carboxylic acids is 1. The van der Waals surface area contributed by atoms with Gasteiger partial charge < -0.3 is 19.5 Å². The Bertz CT molecular complexity index is 557. The third kappa shape index (κ3) is 3.82. The second-order valence-electron chi connectivity index (χ2n) is 5.98. The Hall–Kier alpha value is -2.08. The molecular weight excluding hydrogens is 298 g/mol. The second kappa shape index (κ2) is 7.00. The molecule has 1 amide bonds. The summed E-state index contributed by atoms with van der Waals surface area (Å²) in [4.78, 5) is 25.2. The summed E-state index contributed by atoms with van der Waals surface area (Å²) < 4.78 is 11.3. The summed E-state index contributed by atoms with van der Waals surface area (Å²) in [5.74, 6) is -0.329. The number of carbonyl (C=O) groups is 2. The van der Waals surface area contributed by atoms with Crippen molar-refractivity contribution in [1.82, 2.24) is 4.90 Å². The quantitative estimate of drug-likeness (QED) is 0.859. The molecule has 3 rings (SSSR count). The van der Waals surface area contributed by atoms with Crippen LogP contribution < -0.4 is 4.74 Å². The molecule has 1 aromatic rings. The van der Waals surface area contributed by atoms with Gasteiger partial charge in [-0.05, 0) is 24.5 Å². The number of rotatable bonds is 6.